The molecular weight excluding hydrogens is 346 g/mol. The molecule has 1 aliphatic rings. The zero-order chi connectivity index (χ0) is 18.5. The number of thioether (sulfide) groups is 1. The lowest BCUT2D eigenvalue weighted by atomic mass is 10.2. The molecule has 2 amide bonds. The molecule has 6 heteroatoms. The molecule has 2 aromatic carbocycles. The van der Waals surface area contributed by atoms with Crippen LogP contribution >= 0.6 is 11.8 Å². The molecular formula is C20H21N3O2S. The van der Waals surface area contributed by atoms with Crippen LogP contribution in [0.3, 0.4) is 0 Å². The molecule has 2 aromatic rings. The summed E-state index contributed by atoms with van der Waals surface area (Å²) in [4.78, 5) is 30.7. The Morgan fingerprint density at radius 2 is 1.85 bits per heavy atom. The molecule has 0 aromatic heterocycles. The Bertz CT molecular complexity index is 819. The monoisotopic (exact) mass is 367 g/mol. The normalized spacial score (nSPS) is 18.4. The number of benzene rings is 2. The van der Waals surface area contributed by atoms with Crippen molar-refractivity contribution >= 4 is 34.4 Å². The molecule has 1 saturated heterocycles. The summed E-state index contributed by atoms with van der Waals surface area (Å²) in [6, 6.07) is 17.5. The molecule has 1 fully saturated rings. The average Bonchev–Trinajstić information content (AvgIpc) is 2.91. The van der Waals surface area contributed by atoms with Crippen LogP contribution in [0.5, 0.6) is 0 Å². The summed E-state index contributed by atoms with van der Waals surface area (Å²) >= 11 is 1.34. The van der Waals surface area contributed by atoms with Gasteiger partial charge in [0.25, 0.3) is 0 Å². The van der Waals surface area contributed by atoms with Crippen LogP contribution in [0.1, 0.15) is 17.5 Å². The van der Waals surface area contributed by atoms with Gasteiger partial charge in [-0.3, -0.25) is 14.5 Å². The van der Waals surface area contributed by atoms with Gasteiger partial charge >= 0.3 is 0 Å². The van der Waals surface area contributed by atoms with Gasteiger partial charge in [0, 0.05) is 20.0 Å². The van der Waals surface area contributed by atoms with E-state index in [0.717, 1.165) is 16.8 Å². The summed E-state index contributed by atoms with van der Waals surface area (Å²) in [5, 5.41) is 3.06. The first kappa shape index (κ1) is 18.2. The van der Waals surface area contributed by atoms with E-state index in [1.54, 1.807) is 7.05 Å². The van der Waals surface area contributed by atoms with E-state index < -0.39 is 5.25 Å². The van der Waals surface area contributed by atoms with Gasteiger partial charge in [0.15, 0.2) is 5.17 Å². The molecule has 0 unspecified atom stereocenters. The topological polar surface area (TPSA) is 61.8 Å². The molecule has 0 aliphatic carbocycles. The highest BCUT2D eigenvalue weighted by atomic mass is 32.2. The quantitative estimate of drug-likeness (QED) is 0.882. The number of amides is 2. The number of carbonyl (C=O) groups is 2. The largest absolute Gasteiger partial charge is 0.352 e. The molecule has 1 atom stereocenters. The Morgan fingerprint density at radius 3 is 2.54 bits per heavy atom. The third-order valence-electron chi connectivity index (χ3n) is 4.10. The molecule has 0 bridgehead atoms. The van der Waals surface area contributed by atoms with Crippen molar-refractivity contribution in [3.8, 4) is 0 Å². The first-order chi connectivity index (χ1) is 12.5. The fraction of sp³-hybridized carbons (Fsp3) is 0.250. The first-order valence-corrected chi connectivity index (χ1v) is 9.31. The third kappa shape index (κ3) is 4.52. The van der Waals surface area contributed by atoms with Crippen molar-refractivity contribution in [2.24, 2.45) is 4.99 Å². The number of carbonyl (C=O) groups excluding carboxylic acids is 2. The van der Waals surface area contributed by atoms with Gasteiger partial charge in [0.2, 0.25) is 11.8 Å². The van der Waals surface area contributed by atoms with Crippen LogP contribution < -0.4 is 5.32 Å². The van der Waals surface area contributed by atoms with E-state index in [9.17, 15) is 9.59 Å². The van der Waals surface area contributed by atoms with Gasteiger partial charge in [-0.25, -0.2) is 4.99 Å². The average molecular weight is 367 g/mol. The maximum atomic E-state index is 12.4. The number of hydrogen-bond donors (Lipinski definition) is 1. The second-order valence-electron chi connectivity index (χ2n) is 6.20. The zero-order valence-corrected chi connectivity index (χ0v) is 15.6. The van der Waals surface area contributed by atoms with Crippen LogP contribution in [0.15, 0.2) is 59.6 Å². The van der Waals surface area contributed by atoms with Crippen molar-refractivity contribution in [3.63, 3.8) is 0 Å². The number of nitrogens with zero attached hydrogens (tertiary/aromatic N) is 2. The maximum Gasteiger partial charge on any atom is 0.242 e. The maximum absolute atomic E-state index is 12.4. The molecule has 1 aliphatic heterocycles. The summed E-state index contributed by atoms with van der Waals surface area (Å²) in [5.41, 5.74) is 2.99. The number of amidine groups is 1. The molecule has 0 saturated carbocycles. The minimum Gasteiger partial charge on any atom is -0.352 e. The first-order valence-electron chi connectivity index (χ1n) is 8.43. The number of aryl methyl sites for hydroxylation is 1. The van der Waals surface area contributed by atoms with Crippen molar-refractivity contribution < 1.29 is 9.59 Å². The highest BCUT2D eigenvalue weighted by Gasteiger charge is 2.36. The van der Waals surface area contributed by atoms with Crippen LogP contribution in [-0.4, -0.2) is 34.2 Å². The number of aliphatic imine (C=N–C) groups is 1. The second-order valence-corrected chi connectivity index (χ2v) is 7.37. The van der Waals surface area contributed by atoms with E-state index in [1.807, 2.05) is 61.5 Å². The highest BCUT2D eigenvalue weighted by molar-refractivity contribution is 8.15. The van der Waals surface area contributed by atoms with E-state index in [0.29, 0.717) is 11.7 Å². The summed E-state index contributed by atoms with van der Waals surface area (Å²) in [6.45, 7) is 2.48. The minimum absolute atomic E-state index is 0.0873. The van der Waals surface area contributed by atoms with Crippen molar-refractivity contribution in [2.75, 3.05) is 7.05 Å². The van der Waals surface area contributed by atoms with Crippen molar-refractivity contribution in [2.45, 2.75) is 25.1 Å². The molecule has 26 heavy (non-hydrogen) atoms. The predicted octanol–water partition coefficient (Wildman–Crippen LogP) is 3.26. The van der Waals surface area contributed by atoms with Gasteiger partial charge in [-0.1, -0.05) is 59.8 Å². The van der Waals surface area contributed by atoms with E-state index in [-0.39, 0.29) is 18.2 Å². The van der Waals surface area contributed by atoms with Crippen molar-refractivity contribution in [3.05, 3.63) is 65.7 Å². The fourth-order valence-electron chi connectivity index (χ4n) is 2.56. The Kier molecular flexibility index (Phi) is 5.73. The molecule has 1 heterocycles. The van der Waals surface area contributed by atoms with Crippen molar-refractivity contribution in [1.29, 1.82) is 0 Å². The predicted molar refractivity (Wildman–Crippen MR) is 105 cm³/mol. The summed E-state index contributed by atoms with van der Waals surface area (Å²) < 4.78 is 0. The molecule has 134 valence electrons. The molecule has 3 rings (SSSR count). The van der Waals surface area contributed by atoms with Crippen LogP contribution in [-0.2, 0) is 16.1 Å². The lowest BCUT2D eigenvalue weighted by Crippen LogP contribution is -2.32. The lowest BCUT2D eigenvalue weighted by Gasteiger charge is -2.09. The van der Waals surface area contributed by atoms with E-state index in [4.69, 9.17) is 0 Å². The third-order valence-corrected chi connectivity index (χ3v) is 5.33. The zero-order valence-electron chi connectivity index (χ0n) is 14.8. The molecule has 0 radical (unpaired) electrons. The smallest absolute Gasteiger partial charge is 0.242 e. The van der Waals surface area contributed by atoms with E-state index in [1.165, 1.54) is 16.7 Å². The second kappa shape index (κ2) is 8.19. The summed E-state index contributed by atoms with van der Waals surface area (Å²) in [7, 11) is 1.70. The van der Waals surface area contributed by atoms with Gasteiger partial charge in [-0.05, 0) is 24.6 Å². The van der Waals surface area contributed by atoms with Crippen LogP contribution in [0, 0.1) is 6.92 Å². The van der Waals surface area contributed by atoms with Crippen molar-refractivity contribution in [1.82, 2.24) is 10.2 Å². The Morgan fingerprint density at radius 1 is 1.15 bits per heavy atom. The van der Waals surface area contributed by atoms with Gasteiger partial charge in [-0.15, -0.1) is 0 Å². The van der Waals surface area contributed by atoms with E-state index >= 15 is 0 Å². The van der Waals surface area contributed by atoms with Crippen LogP contribution in [0.2, 0.25) is 0 Å². The Hall–Kier alpha value is -2.60. The Labute approximate surface area is 157 Å². The van der Waals surface area contributed by atoms with Gasteiger partial charge in [0.1, 0.15) is 5.25 Å². The van der Waals surface area contributed by atoms with Crippen LogP contribution in [0.4, 0.5) is 5.69 Å². The standard InChI is InChI=1S/C20H21N3O2S/c1-14-8-10-16(11-9-14)22-20-23(2)19(25)17(26-20)12-18(24)21-13-15-6-4-3-5-7-15/h3-11,17H,12-13H2,1-2H3,(H,21,24)/t17-/m0/s1. The number of hydrogen-bond acceptors (Lipinski definition) is 4. The SMILES string of the molecule is Cc1ccc(N=C2S[C@@H](CC(=O)NCc3ccccc3)C(=O)N2C)cc1. The highest BCUT2D eigenvalue weighted by Crippen LogP contribution is 2.30. The lowest BCUT2D eigenvalue weighted by molar-refractivity contribution is -0.128. The van der Waals surface area contributed by atoms with E-state index in [2.05, 4.69) is 10.3 Å². The number of nitrogens with one attached hydrogen (secondary N) is 1. The minimum atomic E-state index is -0.431. The fourth-order valence-corrected chi connectivity index (χ4v) is 3.72. The summed E-state index contributed by atoms with van der Waals surface area (Å²) in [5.74, 6) is -0.222. The molecule has 0 spiro atoms. The molecule has 5 nitrogen and oxygen atoms in total. The van der Waals surface area contributed by atoms with Gasteiger partial charge in [-0.2, -0.15) is 0 Å². The summed E-state index contributed by atoms with van der Waals surface area (Å²) in [6.07, 6.45) is 0.146. The Balaban J connectivity index is 1.59. The van der Waals surface area contributed by atoms with Crippen LogP contribution in [0.25, 0.3) is 0 Å². The van der Waals surface area contributed by atoms with Gasteiger partial charge < -0.3 is 5.32 Å². The number of rotatable bonds is 5. The van der Waals surface area contributed by atoms with Gasteiger partial charge in [0.05, 0.1) is 5.69 Å². The molecule has 1 N–H and O–H groups in total.